The van der Waals surface area contributed by atoms with Gasteiger partial charge in [-0.15, -0.1) is 0 Å². The van der Waals surface area contributed by atoms with Crippen molar-refractivity contribution >= 4 is 80.8 Å². The Balaban J connectivity index is 0.00000630. The van der Waals surface area contributed by atoms with Crippen molar-refractivity contribution in [2.45, 2.75) is 63.3 Å². The second-order valence-corrected chi connectivity index (χ2v) is 16.5. The predicted octanol–water partition coefficient (Wildman–Crippen LogP) is 4.45. The van der Waals surface area contributed by atoms with Crippen LogP contribution >= 0.6 is 23.2 Å². The van der Waals surface area contributed by atoms with Gasteiger partial charge in [0.2, 0.25) is 0 Å². The molecule has 4 unspecified atom stereocenters. The van der Waals surface area contributed by atoms with Crippen LogP contribution in [0.2, 0.25) is 10.0 Å². The van der Waals surface area contributed by atoms with Gasteiger partial charge in [0.05, 0.1) is 13.1 Å². The Morgan fingerprint density at radius 1 is 0.600 bits per heavy atom. The summed E-state index contributed by atoms with van der Waals surface area (Å²) in [5, 5.41) is 8.25. The number of fused-ring (bicyclic) bond motifs is 2. The Morgan fingerprint density at radius 2 is 0.969 bits per heavy atom. The highest BCUT2D eigenvalue weighted by molar-refractivity contribution is 6.30. The number of benzene rings is 4. The van der Waals surface area contributed by atoms with E-state index in [4.69, 9.17) is 44.1 Å². The van der Waals surface area contributed by atoms with Crippen molar-refractivity contribution in [3.05, 3.63) is 153 Å². The normalized spacial score (nSPS) is 17.1. The molecule has 0 saturated carbocycles. The maximum absolute atomic E-state index is 13.2. The summed E-state index contributed by atoms with van der Waals surface area (Å²) in [5.74, 6) is -2.41. The number of imide groups is 2. The zero-order chi connectivity index (χ0) is 45.1. The molecule has 17 nitrogen and oxygen atoms in total. The number of nitrogens with one attached hydrogen (secondary N) is 4. The molecule has 0 radical (unpaired) electrons. The first-order valence-electron chi connectivity index (χ1n) is 20.3. The topological polar surface area (TPSA) is 267 Å². The first-order chi connectivity index (χ1) is 30.8. The smallest absolute Gasteiger partial charge is 0.332 e. The third kappa shape index (κ3) is 10.9. The van der Waals surface area contributed by atoms with Crippen molar-refractivity contribution < 1.29 is 43.7 Å². The molecule has 4 heterocycles. The fourth-order valence-corrected chi connectivity index (χ4v) is 8.07. The number of urea groups is 2. The van der Waals surface area contributed by atoms with Crippen LogP contribution in [0, 0.1) is 0 Å². The number of halogens is 2. The lowest BCUT2D eigenvalue weighted by Crippen LogP contribution is -2.32. The molecule has 6 amide bonds. The van der Waals surface area contributed by atoms with Crippen LogP contribution in [0.25, 0.3) is 21.8 Å². The Hall–Kier alpha value is -7.02. The Kier molecular flexibility index (Phi) is 14.0. The number of esters is 2. The second-order valence-electron chi connectivity index (χ2n) is 15.6. The lowest BCUT2D eigenvalue weighted by atomic mass is 10.0. The molecule has 8 rings (SSSR count). The van der Waals surface area contributed by atoms with Gasteiger partial charge in [-0.3, -0.25) is 30.9 Å². The van der Waals surface area contributed by atoms with Crippen LogP contribution in [-0.2, 0) is 67.4 Å². The van der Waals surface area contributed by atoms with Crippen molar-refractivity contribution in [2.75, 3.05) is 0 Å². The first-order valence-corrected chi connectivity index (χ1v) is 21.0. The minimum Gasteiger partial charge on any atom is -0.443 e. The van der Waals surface area contributed by atoms with Gasteiger partial charge in [0.15, 0.2) is 12.5 Å². The molecule has 2 fully saturated rings. The third-order valence-corrected chi connectivity index (χ3v) is 11.5. The van der Waals surface area contributed by atoms with Crippen LogP contribution in [0.1, 0.15) is 33.4 Å². The van der Waals surface area contributed by atoms with E-state index in [2.05, 4.69) is 20.6 Å². The molecule has 65 heavy (non-hydrogen) atoms. The molecule has 0 aliphatic carbocycles. The van der Waals surface area contributed by atoms with Crippen molar-refractivity contribution in [1.82, 2.24) is 30.4 Å². The molecule has 6 aromatic rings. The molecule has 4 atom stereocenters. The summed E-state index contributed by atoms with van der Waals surface area (Å²) in [5.41, 5.74) is 18.6. The molecule has 0 spiro atoms. The SMILES string of the molecule is NC(Cc1c[nH]c2ccc(CC3NC(=O)N(Cc4ccc(Cl)cc4)C3=O)cc12)OC(=O)/C=C\C(=O)OC(N)Cc1c[nH]c2ccc(CC3NC(=O)N(Cc4ccc(Cl)cc4)C3=O)cc12.O. The molecule has 0 bridgehead atoms. The van der Waals surface area contributed by atoms with E-state index < -0.39 is 48.5 Å². The van der Waals surface area contributed by atoms with E-state index in [-0.39, 0.29) is 56.1 Å². The van der Waals surface area contributed by atoms with Gasteiger partial charge in [0.1, 0.15) is 12.1 Å². The zero-order valence-electron chi connectivity index (χ0n) is 34.5. The van der Waals surface area contributed by atoms with E-state index in [9.17, 15) is 28.8 Å². The van der Waals surface area contributed by atoms with Crippen molar-refractivity contribution in [1.29, 1.82) is 0 Å². The average Bonchev–Trinajstić information content (AvgIpc) is 3.99. The molecule has 19 heteroatoms. The maximum Gasteiger partial charge on any atom is 0.332 e. The fraction of sp³-hybridized carbons (Fsp3) is 0.217. The average molecular weight is 924 g/mol. The van der Waals surface area contributed by atoms with Crippen LogP contribution in [0.3, 0.4) is 0 Å². The number of hydrogen-bond acceptors (Lipinski definition) is 10. The summed E-state index contributed by atoms with van der Waals surface area (Å²) in [6, 6.07) is 22.6. The first kappa shape index (κ1) is 46.0. The predicted molar refractivity (Wildman–Crippen MR) is 241 cm³/mol. The van der Waals surface area contributed by atoms with Crippen molar-refractivity contribution in [3.63, 3.8) is 0 Å². The van der Waals surface area contributed by atoms with Crippen LogP contribution in [0.5, 0.6) is 0 Å². The molecule has 2 aromatic heterocycles. The summed E-state index contributed by atoms with van der Waals surface area (Å²) >= 11 is 11.9. The third-order valence-electron chi connectivity index (χ3n) is 11.0. The second kappa shape index (κ2) is 19.8. The number of aromatic nitrogens is 2. The number of carbonyl (C=O) groups excluding carboxylic acids is 6. The monoisotopic (exact) mass is 922 g/mol. The standard InChI is InChI=1S/C46H42Cl2N8O8.H2O/c47-31-7-1-25(2-8-31)23-55-43(59)37(53-45(55)61)17-27-5-11-35-33(15-27)29(21-51-35)19-39(49)63-41(57)13-14-42(58)64-40(50)20-30-22-52-36-12-6-28(16-34(30)36)18-38-44(60)56(46(62)54-38)24-26-3-9-32(48)10-4-26;/h1-16,21-22,37-40,51-52H,17-20,23-24,49-50H2,(H,53,61)(H,54,62);1H2/b14-13-;. The number of H-pyrrole nitrogens is 2. The number of hydrogen-bond donors (Lipinski definition) is 6. The summed E-state index contributed by atoms with van der Waals surface area (Å²) in [6.45, 7) is 0.247. The van der Waals surface area contributed by atoms with Crippen molar-refractivity contribution in [2.24, 2.45) is 11.5 Å². The number of nitrogens with zero attached hydrogens (tertiary/aromatic N) is 2. The maximum atomic E-state index is 13.2. The highest BCUT2D eigenvalue weighted by atomic mass is 35.5. The van der Waals surface area contributed by atoms with Gasteiger partial charge in [-0.2, -0.15) is 0 Å². The Labute approximate surface area is 381 Å². The van der Waals surface area contributed by atoms with E-state index in [1.165, 1.54) is 9.80 Å². The van der Waals surface area contributed by atoms with Crippen LogP contribution in [-0.4, -0.2) is 85.6 Å². The van der Waals surface area contributed by atoms with Gasteiger partial charge >= 0.3 is 24.0 Å². The van der Waals surface area contributed by atoms with E-state index in [1.807, 2.05) is 36.4 Å². The van der Waals surface area contributed by atoms with E-state index in [1.54, 1.807) is 60.9 Å². The highest BCUT2D eigenvalue weighted by Crippen LogP contribution is 2.26. The van der Waals surface area contributed by atoms with Crippen LogP contribution in [0.4, 0.5) is 9.59 Å². The van der Waals surface area contributed by atoms with Gasteiger partial charge in [-0.1, -0.05) is 59.6 Å². The molecule has 336 valence electrons. The van der Waals surface area contributed by atoms with Gasteiger partial charge in [-0.05, 0) is 81.9 Å². The van der Waals surface area contributed by atoms with E-state index in [0.717, 1.165) is 67.3 Å². The fourth-order valence-electron chi connectivity index (χ4n) is 7.82. The van der Waals surface area contributed by atoms with Gasteiger partial charge in [-0.25, -0.2) is 19.2 Å². The lowest BCUT2D eigenvalue weighted by Gasteiger charge is -2.14. The van der Waals surface area contributed by atoms with E-state index >= 15 is 0 Å². The molecular formula is C46H44Cl2N8O9. The highest BCUT2D eigenvalue weighted by Gasteiger charge is 2.39. The Morgan fingerprint density at radius 3 is 1.35 bits per heavy atom. The quantitative estimate of drug-likeness (QED) is 0.0344. The molecule has 2 aliphatic rings. The summed E-state index contributed by atoms with van der Waals surface area (Å²) in [7, 11) is 0. The van der Waals surface area contributed by atoms with E-state index in [0.29, 0.717) is 10.0 Å². The van der Waals surface area contributed by atoms with Gasteiger partial charge < -0.3 is 35.6 Å². The number of ether oxygens (including phenoxy) is 2. The van der Waals surface area contributed by atoms with Gasteiger partial charge in [0, 0.05) is 82.1 Å². The summed E-state index contributed by atoms with van der Waals surface area (Å²) < 4.78 is 10.7. The zero-order valence-corrected chi connectivity index (χ0v) is 36.0. The van der Waals surface area contributed by atoms with Gasteiger partial charge in [0.25, 0.3) is 11.8 Å². The number of amides is 6. The molecule has 10 N–H and O–H groups in total. The van der Waals surface area contributed by atoms with Crippen LogP contribution in [0.15, 0.2) is 109 Å². The molecule has 2 saturated heterocycles. The molecular weight excluding hydrogens is 879 g/mol. The number of rotatable bonds is 16. The Bertz CT molecular complexity index is 2620. The largest absolute Gasteiger partial charge is 0.443 e. The summed E-state index contributed by atoms with van der Waals surface area (Å²) in [4.78, 5) is 85.7. The minimum absolute atomic E-state index is 0. The number of carbonyl (C=O) groups is 6. The molecule has 2 aliphatic heterocycles. The van der Waals surface area contributed by atoms with Crippen molar-refractivity contribution in [3.8, 4) is 0 Å². The van der Waals surface area contributed by atoms with Crippen LogP contribution < -0.4 is 22.1 Å². The lowest BCUT2D eigenvalue weighted by molar-refractivity contribution is -0.145. The molecule has 4 aromatic carbocycles. The minimum atomic E-state index is -1.07. The summed E-state index contributed by atoms with van der Waals surface area (Å²) in [6.07, 6.45) is 3.94. The number of nitrogens with two attached hydrogens (primary N) is 2. The number of aromatic amines is 2.